The smallest absolute Gasteiger partial charge is 0.256 e. The van der Waals surface area contributed by atoms with E-state index in [-0.39, 0.29) is 22.2 Å². The van der Waals surface area contributed by atoms with Crippen molar-refractivity contribution in [2.45, 2.75) is 0 Å². The van der Waals surface area contributed by atoms with Crippen molar-refractivity contribution >= 4 is 11.6 Å². The van der Waals surface area contributed by atoms with Crippen molar-refractivity contribution in [2.24, 2.45) is 0 Å². The summed E-state index contributed by atoms with van der Waals surface area (Å²) >= 11 is 5.53. The van der Waals surface area contributed by atoms with Crippen LogP contribution in [-0.2, 0) is 0 Å². The molecule has 0 aliphatic carbocycles. The van der Waals surface area contributed by atoms with Gasteiger partial charge in [0.15, 0.2) is 0 Å². The van der Waals surface area contributed by atoms with Crippen LogP contribution in [0, 0.1) is 17.1 Å². The van der Waals surface area contributed by atoms with Gasteiger partial charge in [0, 0.05) is 6.07 Å². The van der Waals surface area contributed by atoms with Crippen LogP contribution in [0.3, 0.4) is 0 Å². The van der Waals surface area contributed by atoms with Gasteiger partial charge in [-0.2, -0.15) is 10.4 Å². The van der Waals surface area contributed by atoms with E-state index in [4.69, 9.17) is 21.6 Å². The normalized spacial score (nSPS) is 9.71. The molecule has 2 aromatic rings. The quantitative estimate of drug-likeness (QED) is 0.821. The third-order valence-corrected chi connectivity index (χ3v) is 2.22. The van der Waals surface area contributed by atoms with Gasteiger partial charge in [-0.3, -0.25) is 0 Å². The van der Waals surface area contributed by atoms with Crippen LogP contribution in [0.15, 0.2) is 30.5 Å². The molecule has 0 unspecified atom stereocenters. The van der Waals surface area contributed by atoms with Crippen LogP contribution in [0.25, 0.3) is 0 Å². The summed E-state index contributed by atoms with van der Waals surface area (Å²) in [4.78, 5) is 0. The van der Waals surface area contributed by atoms with E-state index < -0.39 is 5.82 Å². The molecule has 0 aliphatic rings. The van der Waals surface area contributed by atoms with Gasteiger partial charge in [-0.05, 0) is 18.2 Å². The number of aromatic nitrogens is 2. The predicted molar refractivity (Wildman–Crippen MR) is 58.2 cm³/mol. The average Bonchev–Trinajstić information content (AvgIpc) is 2.34. The molecule has 0 saturated heterocycles. The number of nitriles is 1. The molecule has 0 amide bonds. The Morgan fingerprint density at radius 3 is 2.88 bits per heavy atom. The lowest BCUT2D eigenvalue weighted by atomic mass is 10.3. The monoisotopic (exact) mass is 249 g/mol. The Labute approximate surface area is 101 Å². The van der Waals surface area contributed by atoms with E-state index in [2.05, 4.69) is 10.2 Å². The topological polar surface area (TPSA) is 58.8 Å². The van der Waals surface area contributed by atoms with Crippen molar-refractivity contribution < 1.29 is 9.13 Å². The van der Waals surface area contributed by atoms with Crippen LogP contribution < -0.4 is 4.74 Å². The summed E-state index contributed by atoms with van der Waals surface area (Å²) in [6, 6.07) is 7.29. The van der Waals surface area contributed by atoms with E-state index in [0.29, 0.717) is 0 Å². The molecule has 4 nitrogen and oxygen atoms in total. The molecule has 17 heavy (non-hydrogen) atoms. The van der Waals surface area contributed by atoms with Gasteiger partial charge < -0.3 is 4.74 Å². The Morgan fingerprint density at radius 2 is 2.18 bits per heavy atom. The van der Waals surface area contributed by atoms with E-state index in [0.717, 1.165) is 6.07 Å². The lowest BCUT2D eigenvalue weighted by molar-refractivity contribution is 0.449. The second-order valence-corrected chi connectivity index (χ2v) is 3.45. The zero-order chi connectivity index (χ0) is 12.3. The van der Waals surface area contributed by atoms with Crippen LogP contribution in [0.5, 0.6) is 11.6 Å². The van der Waals surface area contributed by atoms with Crippen LogP contribution in [0.1, 0.15) is 5.56 Å². The fraction of sp³-hybridized carbons (Fsp3) is 0. The number of halogens is 2. The van der Waals surface area contributed by atoms with Crippen LogP contribution >= 0.6 is 11.6 Å². The first-order valence-corrected chi connectivity index (χ1v) is 4.93. The van der Waals surface area contributed by atoms with Gasteiger partial charge in [0.1, 0.15) is 23.2 Å². The van der Waals surface area contributed by atoms with Crippen LogP contribution in [0.4, 0.5) is 4.39 Å². The number of nitrogens with zero attached hydrogens (tertiary/aromatic N) is 3. The van der Waals surface area contributed by atoms with Gasteiger partial charge in [0.05, 0.1) is 11.2 Å². The molecule has 0 radical (unpaired) electrons. The summed E-state index contributed by atoms with van der Waals surface area (Å²) in [6.07, 6.45) is 1.37. The fourth-order valence-corrected chi connectivity index (χ4v) is 1.25. The Kier molecular flexibility index (Phi) is 3.17. The van der Waals surface area contributed by atoms with Gasteiger partial charge in [-0.1, -0.05) is 11.6 Å². The third-order valence-electron chi connectivity index (χ3n) is 1.91. The van der Waals surface area contributed by atoms with E-state index in [9.17, 15) is 4.39 Å². The molecule has 0 saturated carbocycles. The van der Waals surface area contributed by atoms with E-state index in [1.807, 2.05) is 6.07 Å². The average molecular weight is 250 g/mol. The molecule has 0 spiro atoms. The highest BCUT2D eigenvalue weighted by molar-refractivity contribution is 6.30. The summed E-state index contributed by atoms with van der Waals surface area (Å²) in [5.74, 6) is -0.382. The summed E-state index contributed by atoms with van der Waals surface area (Å²) < 4.78 is 18.4. The number of benzene rings is 1. The van der Waals surface area contributed by atoms with Crippen molar-refractivity contribution in [2.75, 3.05) is 0 Å². The SMILES string of the molecule is N#Cc1ccnnc1Oc1ccc(Cl)c(F)c1. The Balaban J connectivity index is 2.32. The van der Waals surface area contributed by atoms with E-state index >= 15 is 0 Å². The molecule has 0 atom stereocenters. The van der Waals surface area contributed by atoms with Gasteiger partial charge in [-0.25, -0.2) is 4.39 Å². The Bertz CT molecular complexity index is 598. The highest BCUT2D eigenvalue weighted by Gasteiger charge is 2.08. The minimum absolute atomic E-state index is 0.00278. The van der Waals surface area contributed by atoms with Crippen molar-refractivity contribution in [3.05, 3.63) is 46.9 Å². The van der Waals surface area contributed by atoms with Crippen molar-refractivity contribution in [1.29, 1.82) is 5.26 Å². The Hall–Kier alpha value is -2.19. The molecule has 6 heteroatoms. The zero-order valence-electron chi connectivity index (χ0n) is 8.39. The van der Waals surface area contributed by atoms with Gasteiger partial charge >= 0.3 is 0 Å². The van der Waals surface area contributed by atoms with Crippen molar-refractivity contribution in [3.8, 4) is 17.7 Å². The first kappa shape index (κ1) is 11.3. The molecule has 2 rings (SSSR count). The van der Waals surface area contributed by atoms with Crippen molar-refractivity contribution in [1.82, 2.24) is 10.2 Å². The number of hydrogen-bond acceptors (Lipinski definition) is 4. The number of hydrogen-bond donors (Lipinski definition) is 0. The van der Waals surface area contributed by atoms with Gasteiger partial charge in [0.25, 0.3) is 5.88 Å². The van der Waals surface area contributed by atoms with Crippen molar-refractivity contribution in [3.63, 3.8) is 0 Å². The highest BCUT2D eigenvalue weighted by Crippen LogP contribution is 2.25. The van der Waals surface area contributed by atoms with Gasteiger partial charge in [0.2, 0.25) is 0 Å². The number of ether oxygens (including phenoxy) is 1. The lowest BCUT2D eigenvalue weighted by Crippen LogP contribution is -1.94. The second-order valence-electron chi connectivity index (χ2n) is 3.04. The summed E-state index contributed by atoms with van der Waals surface area (Å²) in [5, 5.41) is 16.0. The minimum Gasteiger partial charge on any atom is -0.436 e. The largest absolute Gasteiger partial charge is 0.436 e. The first-order valence-electron chi connectivity index (χ1n) is 4.55. The minimum atomic E-state index is -0.605. The van der Waals surface area contributed by atoms with Gasteiger partial charge in [-0.15, -0.1) is 5.10 Å². The van der Waals surface area contributed by atoms with Crippen LogP contribution in [-0.4, -0.2) is 10.2 Å². The van der Waals surface area contributed by atoms with E-state index in [1.165, 1.54) is 24.4 Å². The maximum Gasteiger partial charge on any atom is 0.256 e. The second kappa shape index (κ2) is 4.76. The maximum atomic E-state index is 13.2. The maximum absolute atomic E-state index is 13.2. The third kappa shape index (κ3) is 2.49. The zero-order valence-corrected chi connectivity index (χ0v) is 9.15. The molecule has 1 aromatic heterocycles. The van der Waals surface area contributed by atoms with E-state index in [1.54, 1.807) is 0 Å². The molecule has 0 bridgehead atoms. The molecular formula is C11H5ClFN3O. The summed E-state index contributed by atoms with van der Waals surface area (Å²) in [5.41, 5.74) is 0.218. The summed E-state index contributed by atoms with van der Waals surface area (Å²) in [7, 11) is 0. The highest BCUT2D eigenvalue weighted by atomic mass is 35.5. The fourth-order valence-electron chi connectivity index (χ4n) is 1.13. The first-order chi connectivity index (χ1) is 8.20. The molecule has 1 aromatic carbocycles. The molecule has 1 heterocycles. The summed E-state index contributed by atoms with van der Waals surface area (Å²) in [6.45, 7) is 0. The molecule has 84 valence electrons. The lowest BCUT2D eigenvalue weighted by Gasteiger charge is -2.05. The predicted octanol–water partition coefficient (Wildman–Crippen LogP) is 2.93. The number of rotatable bonds is 2. The van der Waals surface area contributed by atoms with Crippen LogP contribution in [0.2, 0.25) is 5.02 Å². The molecule has 0 fully saturated rings. The molecular weight excluding hydrogens is 245 g/mol. The Morgan fingerprint density at radius 1 is 1.35 bits per heavy atom. The standard InChI is InChI=1S/C11H5ClFN3O/c12-9-2-1-8(5-10(9)13)17-11-7(6-14)3-4-15-16-11/h1-5H. The molecule has 0 N–H and O–H groups in total. The molecule has 0 aliphatic heterocycles.